The van der Waals surface area contributed by atoms with Crippen LogP contribution in [0.15, 0.2) is 23.1 Å². The molecule has 1 aromatic carbocycles. The summed E-state index contributed by atoms with van der Waals surface area (Å²) >= 11 is 1.84. The summed E-state index contributed by atoms with van der Waals surface area (Å²) in [6.07, 6.45) is 5.96. The average molecular weight is 262 g/mol. The van der Waals surface area contributed by atoms with E-state index >= 15 is 0 Å². The highest BCUT2D eigenvalue weighted by atomic mass is 32.2. The van der Waals surface area contributed by atoms with Crippen molar-refractivity contribution in [3.63, 3.8) is 0 Å². The quantitative estimate of drug-likeness (QED) is 0.884. The van der Waals surface area contributed by atoms with Crippen molar-refractivity contribution in [3.05, 3.63) is 29.3 Å². The summed E-state index contributed by atoms with van der Waals surface area (Å²) in [7, 11) is 0. The summed E-state index contributed by atoms with van der Waals surface area (Å²) in [4.78, 5) is 13.1. The van der Waals surface area contributed by atoms with Gasteiger partial charge in [0.05, 0.1) is 5.41 Å². The molecule has 1 N–H and O–H groups in total. The number of rotatable bonds is 2. The van der Waals surface area contributed by atoms with Crippen LogP contribution in [-0.4, -0.2) is 16.8 Å². The highest BCUT2D eigenvalue weighted by molar-refractivity contribution is 7.99. The minimum absolute atomic E-state index is 0.610. The second kappa shape index (κ2) is 4.61. The number of aryl methyl sites for hydroxylation is 1. The van der Waals surface area contributed by atoms with Gasteiger partial charge in [0, 0.05) is 10.6 Å². The maximum atomic E-state index is 11.9. The topological polar surface area (TPSA) is 37.3 Å². The van der Waals surface area contributed by atoms with Gasteiger partial charge in [0.1, 0.15) is 0 Å². The predicted molar refractivity (Wildman–Crippen MR) is 73.3 cm³/mol. The molecule has 18 heavy (non-hydrogen) atoms. The van der Waals surface area contributed by atoms with Crippen molar-refractivity contribution in [2.24, 2.45) is 0 Å². The summed E-state index contributed by atoms with van der Waals surface area (Å²) in [5, 5.41) is 9.76. The Morgan fingerprint density at radius 2 is 2.00 bits per heavy atom. The van der Waals surface area contributed by atoms with Crippen molar-refractivity contribution >= 4 is 17.7 Å². The number of carbonyl (C=O) groups is 1. The van der Waals surface area contributed by atoms with Gasteiger partial charge >= 0.3 is 5.97 Å². The van der Waals surface area contributed by atoms with Gasteiger partial charge in [0.2, 0.25) is 0 Å². The van der Waals surface area contributed by atoms with Crippen molar-refractivity contribution in [1.82, 2.24) is 0 Å². The molecular weight excluding hydrogens is 244 g/mol. The largest absolute Gasteiger partial charge is 0.481 e. The van der Waals surface area contributed by atoms with Crippen LogP contribution in [0.3, 0.4) is 0 Å². The second-order valence-corrected chi connectivity index (χ2v) is 6.45. The molecule has 0 amide bonds. The second-order valence-electron chi connectivity index (χ2n) is 5.34. The zero-order chi connectivity index (χ0) is 12.6. The molecular formula is C15H18O2S. The van der Waals surface area contributed by atoms with E-state index in [1.165, 1.54) is 16.9 Å². The van der Waals surface area contributed by atoms with Crippen LogP contribution in [0.25, 0.3) is 0 Å². The SMILES string of the molecule is O=C(O)C1(c2cccc3c2SCC3)CCCCC1. The third kappa shape index (κ3) is 1.76. The first-order valence-electron chi connectivity index (χ1n) is 6.73. The Balaban J connectivity index is 2.11. The van der Waals surface area contributed by atoms with E-state index in [0.29, 0.717) is 0 Å². The Hall–Kier alpha value is -0.960. The highest BCUT2D eigenvalue weighted by Gasteiger charge is 2.43. The molecule has 0 radical (unpaired) electrons. The van der Waals surface area contributed by atoms with Gasteiger partial charge in [-0.2, -0.15) is 0 Å². The van der Waals surface area contributed by atoms with Crippen molar-refractivity contribution in [2.45, 2.75) is 48.8 Å². The number of fused-ring (bicyclic) bond motifs is 1. The lowest BCUT2D eigenvalue weighted by Crippen LogP contribution is -2.38. The standard InChI is InChI=1S/C15H18O2S/c16-14(17)15(8-2-1-3-9-15)12-6-4-5-11-7-10-18-13(11)12/h4-6H,1-3,7-10H2,(H,16,17). The smallest absolute Gasteiger partial charge is 0.314 e. The van der Waals surface area contributed by atoms with Gasteiger partial charge in [-0.1, -0.05) is 37.5 Å². The van der Waals surface area contributed by atoms with Gasteiger partial charge in [-0.25, -0.2) is 0 Å². The van der Waals surface area contributed by atoms with Crippen LogP contribution in [0.5, 0.6) is 0 Å². The molecule has 0 spiro atoms. The van der Waals surface area contributed by atoms with E-state index in [0.717, 1.165) is 43.4 Å². The van der Waals surface area contributed by atoms with Crippen molar-refractivity contribution in [1.29, 1.82) is 0 Å². The number of aliphatic carboxylic acids is 1. The van der Waals surface area contributed by atoms with Crippen molar-refractivity contribution in [3.8, 4) is 0 Å². The van der Waals surface area contributed by atoms with E-state index < -0.39 is 11.4 Å². The first-order valence-corrected chi connectivity index (χ1v) is 7.71. The number of hydrogen-bond donors (Lipinski definition) is 1. The van der Waals surface area contributed by atoms with Crippen molar-refractivity contribution < 1.29 is 9.90 Å². The van der Waals surface area contributed by atoms with Gasteiger partial charge in [0.25, 0.3) is 0 Å². The normalized spacial score (nSPS) is 21.6. The fraction of sp³-hybridized carbons (Fsp3) is 0.533. The molecule has 3 rings (SSSR count). The monoisotopic (exact) mass is 262 g/mol. The lowest BCUT2D eigenvalue weighted by Gasteiger charge is -2.34. The van der Waals surface area contributed by atoms with Gasteiger partial charge in [-0.3, -0.25) is 4.79 Å². The molecule has 0 aromatic heterocycles. The van der Waals surface area contributed by atoms with Crippen LogP contribution >= 0.6 is 11.8 Å². The number of thioether (sulfide) groups is 1. The summed E-state index contributed by atoms with van der Waals surface area (Å²) in [5.74, 6) is 0.477. The van der Waals surface area contributed by atoms with E-state index in [4.69, 9.17) is 0 Å². The molecule has 0 unspecified atom stereocenters. The molecule has 2 aliphatic rings. The number of benzene rings is 1. The lowest BCUT2D eigenvalue weighted by atomic mass is 9.69. The minimum Gasteiger partial charge on any atom is -0.481 e. The summed E-state index contributed by atoms with van der Waals surface area (Å²) in [6.45, 7) is 0. The van der Waals surface area contributed by atoms with E-state index in [2.05, 4.69) is 12.1 Å². The Kier molecular flexibility index (Phi) is 3.10. The first-order chi connectivity index (χ1) is 8.74. The first kappa shape index (κ1) is 12.1. The molecule has 3 heteroatoms. The molecule has 96 valence electrons. The van der Waals surface area contributed by atoms with E-state index in [9.17, 15) is 9.90 Å². The number of hydrogen-bond acceptors (Lipinski definition) is 2. The zero-order valence-electron chi connectivity index (χ0n) is 10.4. The Morgan fingerprint density at radius 3 is 2.72 bits per heavy atom. The molecule has 1 fully saturated rings. The van der Waals surface area contributed by atoms with E-state index in [1.54, 1.807) is 0 Å². The molecule has 1 heterocycles. The Morgan fingerprint density at radius 1 is 1.22 bits per heavy atom. The van der Waals surface area contributed by atoms with Gasteiger partial charge in [-0.05, 0) is 30.4 Å². The minimum atomic E-state index is -0.622. The van der Waals surface area contributed by atoms with E-state index in [1.807, 2.05) is 17.8 Å². The van der Waals surface area contributed by atoms with E-state index in [-0.39, 0.29) is 0 Å². The number of carboxylic acid groups (broad SMARTS) is 1. The lowest BCUT2D eigenvalue weighted by molar-refractivity contribution is -0.145. The molecule has 2 nitrogen and oxygen atoms in total. The van der Waals surface area contributed by atoms with Crippen LogP contribution in [0.2, 0.25) is 0 Å². The van der Waals surface area contributed by atoms with Gasteiger partial charge < -0.3 is 5.11 Å². The molecule has 0 saturated heterocycles. The Bertz CT molecular complexity index is 475. The van der Waals surface area contributed by atoms with Crippen LogP contribution in [0.1, 0.15) is 43.2 Å². The summed E-state index contributed by atoms with van der Waals surface area (Å²) in [6, 6.07) is 6.24. The number of carboxylic acids is 1. The average Bonchev–Trinajstić information content (AvgIpc) is 2.87. The maximum absolute atomic E-state index is 11.9. The van der Waals surface area contributed by atoms with Crippen molar-refractivity contribution in [2.75, 3.05) is 5.75 Å². The third-order valence-corrected chi connectivity index (χ3v) is 5.53. The molecule has 1 saturated carbocycles. The van der Waals surface area contributed by atoms with Crippen LogP contribution < -0.4 is 0 Å². The molecule has 1 aliphatic carbocycles. The maximum Gasteiger partial charge on any atom is 0.314 e. The molecule has 1 aromatic rings. The third-order valence-electron chi connectivity index (χ3n) is 4.35. The van der Waals surface area contributed by atoms with Crippen LogP contribution in [0, 0.1) is 0 Å². The fourth-order valence-electron chi connectivity index (χ4n) is 3.35. The van der Waals surface area contributed by atoms with Crippen LogP contribution in [-0.2, 0) is 16.6 Å². The summed E-state index contributed by atoms with van der Waals surface area (Å²) < 4.78 is 0. The predicted octanol–water partition coefficient (Wildman–Crippen LogP) is 3.62. The fourth-order valence-corrected chi connectivity index (χ4v) is 4.65. The highest BCUT2D eigenvalue weighted by Crippen LogP contribution is 2.46. The molecule has 0 atom stereocenters. The zero-order valence-corrected chi connectivity index (χ0v) is 11.3. The summed E-state index contributed by atoms with van der Waals surface area (Å²) in [5.41, 5.74) is 1.83. The molecule has 1 aliphatic heterocycles. The van der Waals surface area contributed by atoms with Gasteiger partial charge in [0.15, 0.2) is 0 Å². The van der Waals surface area contributed by atoms with Gasteiger partial charge in [-0.15, -0.1) is 11.8 Å². The van der Waals surface area contributed by atoms with Crippen LogP contribution in [0.4, 0.5) is 0 Å². The Labute approximate surface area is 112 Å². The molecule has 0 bridgehead atoms.